The van der Waals surface area contributed by atoms with Crippen LogP contribution in [0, 0.1) is 5.41 Å². The van der Waals surface area contributed by atoms with Crippen molar-refractivity contribution < 1.29 is 14.6 Å². The van der Waals surface area contributed by atoms with E-state index in [2.05, 4.69) is 5.32 Å². The maximum Gasteiger partial charge on any atom is 0.255 e. The average Bonchev–Trinajstić information content (AvgIpc) is 2.53. The maximum absolute atomic E-state index is 12.7. The molecule has 24 heavy (non-hydrogen) atoms. The summed E-state index contributed by atoms with van der Waals surface area (Å²) >= 11 is 0. The number of nitrogens with one attached hydrogen (secondary N) is 1. The number of hydrogen-bond acceptors (Lipinski definition) is 3. The monoisotopic (exact) mass is 329 g/mol. The number of rotatable bonds is 6. The van der Waals surface area contributed by atoms with E-state index in [9.17, 15) is 9.90 Å². The fraction of sp³-hybridized carbons (Fsp3) is 0.450. The number of amides is 1. The Morgan fingerprint density at radius 3 is 2.58 bits per heavy atom. The van der Waals surface area contributed by atoms with Gasteiger partial charge in [0.25, 0.3) is 5.91 Å². The molecule has 2 N–H and O–H groups in total. The lowest BCUT2D eigenvalue weighted by molar-refractivity contribution is 0.0551. The summed E-state index contributed by atoms with van der Waals surface area (Å²) in [5.74, 6) is 0.418. The Balaban J connectivity index is 2.20. The van der Waals surface area contributed by atoms with Crippen LogP contribution in [0.2, 0.25) is 0 Å². The number of carbonyl (C=O) groups excluding carboxylic acids is 1. The predicted octanol–water partition coefficient (Wildman–Crippen LogP) is 3.77. The van der Waals surface area contributed by atoms with Gasteiger partial charge in [-0.1, -0.05) is 51.1 Å². The van der Waals surface area contributed by atoms with Gasteiger partial charge in [0.15, 0.2) is 0 Å². The van der Waals surface area contributed by atoms with Crippen LogP contribution in [0.5, 0.6) is 5.75 Å². The average molecular weight is 329 g/mol. The van der Waals surface area contributed by atoms with Crippen LogP contribution in [0.15, 0.2) is 36.4 Å². The van der Waals surface area contributed by atoms with Gasteiger partial charge in [0, 0.05) is 6.54 Å². The van der Waals surface area contributed by atoms with Gasteiger partial charge in [-0.2, -0.15) is 0 Å². The van der Waals surface area contributed by atoms with Crippen LogP contribution in [0.3, 0.4) is 0 Å². The molecular weight excluding hydrogens is 302 g/mol. The lowest BCUT2D eigenvalue weighted by atomic mass is 9.87. The van der Waals surface area contributed by atoms with Gasteiger partial charge in [-0.15, -0.1) is 0 Å². The first-order valence-corrected chi connectivity index (χ1v) is 8.45. The zero-order valence-corrected chi connectivity index (χ0v) is 14.9. The van der Waals surface area contributed by atoms with Crippen molar-refractivity contribution in [1.29, 1.82) is 0 Å². The van der Waals surface area contributed by atoms with Crippen molar-refractivity contribution in [3.05, 3.63) is 42.0 Å². The Morgan fingerprint density at radius 2 is 1.92 bits per heavy atom. The van der Waals surface area contributed by atoms with E-state index in [4.69, 9.17) is 4.74 Å². The van der Waals surface area contributed by atoms with Crippen LogP contribution in [-0.4, -0.2) is 30.3 Å². The van der Waals surface area contributed by atoms with Crippen molar-refractivity contribution >= 4 is 16.7 Å². The molecule has 0 aliphatic carbocycles. The molecule has 1 amide bonds. The minimum absolute atomic E-state index is 0.170. The van der Waals surface area contributed by atoms with Crippen LogP contribution in [0.25, 0.3) is 10.8 Å². The summed E-state index contributed by atoms with van der Waals surface area (Å²) in [6, 6.07) is 11.6. The highest BCUT2D eigenvalue weighted by atomic mass is 16.5. The topological polar surface area (TPSA) is 58.6 Å². The van der Waals surface area contributed by atoms with E-state index in [1.165, 1.54) is 0 Å². The summed E-state index contributed by atoms with van der Waals surface area (Å²) in [5, 5.41) is 14.9. The molecule has 0 heterocycles. The first-order chi connectivity index (χ1) is 11.3. The van der Waals surface area contributed by atoms with Crippen LogP contribution in [-0.2, 0) is 0 Å². The largest absolute Gasteiger partial charge is 0.493 e. The molecule has 4 nitrogen and oxygen atoms in total. The van der Waals surface area contributed by atoms with Crippen molar-refractivity contribution in [2.45, 2.75) is 40.2 Å². The highest BCUT2D eigenvalue weighted by Crippen LogP contribution is 2.28. The van der Waals surface area contributed by atoms with Gasteiger partial charge in [0.1, 0.15) is 5.75 Å². The number of aliphatic hydroxyl groups excluding tert-OH is 1. The van der Waals surface area contributed by atoms with E-state index in [1.807, 2.05) is 64.1 Å². The number of ether oxygens (including phenoxy) is 1. The van der Waals surface area contributed by atoms with E-state index in [1.54, 1.807) is 0 Å². The van der Waals surface area contributed by atoms with Crippen molar-refractivity contribution in [2.75, 3.05) is 13.2 Å². The molecule has 1 atom stereocenters. The smallest absolute Gasteiger partial charge is 0.255 e. The number of benzene rings is 2. The first-order valence-electron chi connectivity index (χ1n) is 8.45. The van der Waals surface area contributed by atoms with E-state index >= 15 is 0 Å². The summed E-state index contributed by atoms with van der Waals surface area (Å²) < 4.78 is 5.64. The molecule has 0 radical (unpaired) electrons. The third kappa shape index (κ3) is 4.26. The fourth-order valence-electron chi connectivity index (χ4n) is 2.61. The quantitative estimate of drug-likeness (QED) is 0.848. The molecule has 2 aromatic rings. The second-order valence-electron chi connectivity index (χ2n) is 7.02. The summed E-state index contributed by atoms with van der Waals surface area (Å²) in [5.41, 5.74) is 0.362. The van der Waals surface area contributed by atoms with E-state index in [0.29, 0.717) is 30.9 Å². The molecule has 0 aliphatic rings. The molecule has 0 unspecified atom stereocenters. The van der Waals surface area contributed by atoms with Crippen molar-refractivity contribution in [2.24, 2.45) is 5.41 Å². The summed E-state index contributed by atoms with van der Waals surface area (Å²) in [4.78, 5) is 12.7. The van der Waals surface area contributed by atoms with Crippen LogP contribution < -0.4 is 10.1 Å². The SMILES string of the molecule is CCOc1ccc2ccccc2c1C(=O)NCC[C@H](O)C(C)(C)C. The number of hydrogen-bond donors (Lipinski definition) is 2. The normalized spacial score (nSPS) is 12.9. The van der Waals surface area contributed by atoms with Gasteiger partial charge in [-0.05, 0) is 35.6 Å². The predicted molar refractivity (Wildman–Crippen MR) is 97.5 cm³/mol. The van der Waals surface area contributed by atoms with Gasteiger partial charge < -0.3 is 15.2 Å². The Bertz CT molecular complexity index is 704. The second-order valence-corrected chi connectivity index (χ2v) is 7.02. The number of aliphatic hydroxyl groups is 1. The van der Waals surface area contributed by atoms with Gasteiger partial charge in [-0.3, -0.25) is 4.79 Å². The molecule has 2 rings (SSSR count). The number of carbonyl (C=O) groups is 1. The fourth-order valence-corrected chi connectivity index (χ4v) is 2.61. The Labute approximate surface area is 143 Å². The molecule has 0 aliphatic heterocycles. The lowest BCUT2D eigenvalue weighted by Gasteiger charge is -2.25. The molecule has 4 heteroatoms. The zero-order chi connectivity index (χ0) is 17.7. The van der Waals surface area contributed by atoms with Crippen LogP contribution in [0.4, 0.5) is 0 Å². The van der Waals surface area contributed by atoms with Crippen LogP contribution >= 0.6 is 0 Å². The van der Waals surface area contributed by atoms with Crippen molar-refractivity contribution in [3.8, 4) is 5.75 Å². The third-order valence-corrected chi connectivity index (χ3v) is 4.12. The number of fused-ring (bicyclic) bond motifs is 1. The molecule has 0 aromatic heterocycles. The van der Waals surface area contributed by atoms with Crippen LogP contribution in [0.1, 0.15) is 44.5 Å². The van der Waals surface area contributed by atoms with Crippen molar-refractivity contribution in [3.63, 3.8) is 0 Å². The van der Waals surface area contributed by atoms with E-state index in [-0.39, 0.29) is 11.3 Å². The second kappa shape index (κ2) is 7.67. The summed E-state index contributed by atoms with van der Waals surface area (Å²) in [7, 11) is 0. The molecule has 0 saturated carbocycles. The van der Waals surface area contributed by atoms with Gasteiger partial charge >= 0.3 is 0 Å². The van der Waals surface area contributed by atoms with Crippen molar-refractivity contribution in [1.82, 2.24) is 5.32 Å². The Morgan fingerprint density at radius 1 is 1.21 bits per heavy atom. The first kappa shape index (κ1) is 18.3. The van der Waals surface area contributed by atoms with Gasteiger partial charge in [0.2, 0.25) is 0 Å². The summed E-state index contributed by atoms with van der Waals surface area (Å²) in [6.45, 7) is 8.77. The molecule has 0 bridgehead atoms. The van der Waals surface area contributed by atoms with Gasteiger partial charge in [0.05, 0.1) is 18.3 Å². The molecule has 0 spiro atoms. The third-order valence-electron chi connectivity index (χ3n) is 4.12. The minimum Gasteiger partial charge on any atom is -0.493 e. The highest BCUT2D eigenvalue weighted by molar-refractivity contribution is 6.09. The van der Waals surface area contributed by atoms with E-state index in [0.717, 1.165) is 10.8 Å². The Hall–Kier alpha value is -2.07. The molecule has 130 valence electrons. The molecule has 0 saturated heterocycles. The summed E-state index contributed by atoms with van der Waals surface area (Å²) in [6.07, 6.45) is 0.0564. The lowest BCUT2D eigenvalue weighted by Crippen LogP contribution is -2.32. The molecular formula is C20H27NO3. The van der Waals surface area contributed by atoms with E-state index < -0.39 is 6.10 Å². The standard InChI is InChI=1S/C20H27NO3/c1-5-24-16-11-10-14-8-6-7-9-15(14)18(16)19(23)21-13-12-17(22)20(2,3)4/h6-11,17,22H,5,12-13H2,1-4H3,(H,21,23)/t17-/m0/s1. The highest BCUT2D eigenvalue weighted by Gasteiger charge is 2.22. The Kier molecular flexibility index (Phi) is 5.84. The molecule has 0 fully saturated rings. The maximum atomic E-state index is 12.7. The zero-order valence-electron chi connectivity index (χ0n) is 14.9. The van der Waals surface area contributed by atoms with Gasteiger partial charge in [-0.25, -0.2) is 0 Å². The molecule has 2 aromatic carbocycles. The minimum atomic E-state index is -0.461.